The average molecular weight is 260 g/mol. The van der Waals surface area contributed by atoms with E-state index in [-0.39, 0.29) is 6.42 Å². The van der Waals surface area contributed by atoms with Gasteiger partial charge in [-0.1, -0.05) is 40.9 Å². The van der Waals surface area contributed by atoms with Crippen LogP contribution >= 0.6 is 34.8 Å². The summed E-state index contributed by atoms with van der Waals surface area (Å²) in [5.74, 6) is -1.76. The number of halogens is 5. The van der Waals surface area contributed by atoms with E-state index >= 15 is 0 Å². The van der Waals surface area contributed by atoms with Crippen LogP contribution in [0.1, 0.15) is 12.0 Å². The van der Waals surface area contributed by atoms with Crippen LogP contribution in [0, 0.1) is 11.6 Å². The zero-order valence-electron chi connectivity index (χ0n) is 7.04. The molecule has 0 aliphatic rings. The zero-order chi connectivity index (χ0) is 10.8. The molecule has 0 fully saturated rings. The maximum absolute atomic E-state index is 12.7. The number of aryl methyl sites for hydroxylation is 1. The summed E-state index contributed by atoms with van der Waals surface area (Å²) in [6.07, 6.45) is 0.663. The lowest BCUT2D eigenvalue weighted by atomic mass is 10.1. The average Bonchev–Trinajstić information content (AvgIpc) is 2.06. The van der Waals surface area contributed by atoms with Gasteiger partial charge in [-0.15, -0.1) is 0 Å². The first-order chi connectivity index (χ1) is 6.38. The van der Waals surface area contributed by atoms with Crippen molar-refractivity contribution in [3.63, 3.8) is 0 Å². The molecular weight excluding hydrogens is 252 g/mol. The number of hydrogen-bond donors (Lipinski definition) is 0. The lowest BCUT2D eigenvalue weighted by Crippen LogP contribution is -2.04. The summed E-state index contributed by atoms with van der Waals surface area (Å²) >= 11 is 16.6. The Bertz CT molecular complexity index is 320. The van der Waals surface area contributed by atoms with E-state index in [1.165, 1.54) is 6.07 Å². The van der Waals surface area contributed by atoms with Gasteiger partial charge in [-0.3, -0.25) is 0 Å². The number of benzene rings is 1. The van der Waals surface area contributed by atoms with Crippen LogP contribution in [0.5, 0.6) is 0 Å². The van der Waals surface area contributed by atoms with Crippen LogP contribution in [0.25, 0.3) is 0 Å². The van der Waals surface area contributed by atoms with Gasteiger partial charge in [-0.2, -0.15) is 0 Å². The van der Waals surface area contributed by atoms with Crippen LogP contribution in [0.4, 0.5) is 8.78 Å². The lowest BCUT2D eigenvalue weighted by molar-refractivity contribution is 0.507. The van der Waals surface area contributed by atoms with Crippen molar-refractivity contribution in [2.45, 2.75) is 16.6 Å². The molecule has 0 N–H and O–H groups in total. The highest BCUT2D eigenvalue weighted by Gasteiger charge is 2.19. The van der Waals surface area contributed by atoms with E-state index < -0.39 is 15.4 Å². The first-order valence-electron chi connectivity index (χ1n) is 3.89. The Balaban J connectivity index is 2.65. The van der Waals surface area contributed by atoms with Gasteiger partial charge in [0.1, 0.15) is 0 Å². The third-order valence-corrected chi connectivity index (χ3v) is 2.25. The molecule has 1 rings (SSSR count). The lowest BCUT2D eigenvalue weighted by Gasteiger charge is -2.09. The number of hydrogen-bond acceptors (Lipinski definition) is 0. The second kappa shape index (κ2) is 4.65. The first-order valence-corrected chi connectivity index (χ1v) is 5.02. The Morgan fingerprint density at radius 1 is 1.07 bits per heavy atom. The van der Waals surface area contributed by atoms with Crippen molar-refractivity contribution in [1.82, 2.24) is 0 Å². The first kappa shape index (κ1) is 12.0. The summed E-state index contributed by atoms with van der Waals surface area (Å²) in [6.45, 7) is 0. The number of alkyl halides is 3. The monoisotopic (exact) mass is 258 g/mol. The van der Waals surface area contributed by atoms with Crippen molar-refractivity contribution in [3.8, 4) is 0 Å². The zero-order valence-corrected chi connectivity index (χ0v) is 9.30. The topological polar surface area (TPSA) is 0 Å². The van der Waals surface area contributed by atoms with Crippen molar-refractivity contribution in [2.24, 2.45) is 0 Å². The van der Waals surface area contributed by atoms with E-state index in [1.807, 2.05) is 0 Å². The smallest absolute Gasteiger partial charge is 0.190 e. The molecule has 0 unspecified atom stereocenters. The molecule has 0 bridgehead atoms. The predicted octanol–water partition coefficient (Wildman–Crippen LogP) is 4.27. The van der Waals surface area contributed by atoms with E-state index in [2.05, 4.69) is 0 Å². The molecule has 5 heteroatoms. The van der Waals surface area contributed by atoms with Crippen molar-refractivity contribution in [3.05, 3.63) is 35.4 Å². The molecule has 0 amide bonds. The van der Waals surface area contributed by atoms with Crippen LogP contribution in [0.15, 0.2) is 18.2 Å². The van der Waals surface area contributed by atoms with E-state index in [1.54, 1.807) is 0 Å². The molecule has 0 radical (unpaired) electrons. The molecule has 0 atom stereocenters. The molecular formula is C9H7Cl3F2. The second-order valence-corrected chi connectivity index (χ2v) is 5.38. The molecule has 0 heterocycles. The van der Waals surface area contributed by atoms with Gasteiger partial charge in [-0.25, -0.2) is 8.78 Å². The molecule has 0 nitrogen and oxygen atoms in total. The van der Waals surface area contributed by atoms with E-state index in [4.69, 9.17) is 34.8 Å². The Hall–Kier alpha value is -0.0500. The predicted molar refractivity (Wildman–Crippen MR) is 55.0 cm³/mol. The third-order valence-electron chi connectivity index (χ3n) is 1.68. The largest absolute Gasteiger partial charge is 0.204 e. The Morgan fingerprint density at radius 3 is 2.21 bits per heavy atom. The Kier molecular flexibility index (Phi) is 3.99. The maximum atomic E-state index is 12.7. The molecule has 0 saturated carbocycles. The minimum absolute atomic E-state index is 0.267. The SMILES string of the molecule is Fc1ccc(CCC(Cl)(Cl)Cl)cc1F. The fraction of sp³-hybridized carbons (Fsp3) is 0.333. The molecule has 0 aliphatic carbocycles. The molecule has 1 aromatic carbocycles. The highest BCUT2D eigenvalue weighted by Crippen LogP contribution is 2.31. The summed E-state index contributed by atoms with van der Waals surface area (Å²) in [5, 5.41) is 0. The molecule has 1 aromatic rings. The van der Waals surface area contributed by atoms with Crippen LogP contribution in [-0.4, -0.2) is 3.79 Å². The van der Waals surface area contributed by atoms with Gasteiger partial charge >= 0.3 is 0 Å². The summed E-state index contributed by atoms with van der Waals surface area (Å²) < 4.78 is 23.9. The highest BCUT2D eigenvalue weighted by molar-refractivity contribution is 6.67. The maximum Gasteiger partial charge on any atom is 0.190 e. The van der Waals surface area contributed by atoms with Crippen LogP contribution in [0.3, 0.4) is 0 Å². The summed E-state index contributed by atoms with van der Waals surface area (Å²) in [5.41, 5.74) is 0.607. The van der Waals surface area contributed by atoms with Crippen LogP contribution in [-0.2, 0) is 6.42 Å². The van der Waals surface area contributed by atoms with Gasteiger partial charge in [0.05, 0.1) is 0 Å². The molecule has 0 aromatic heterocycles. The summed E-state index contributed by atoms with van der Waals surface area (Å²) in [7, 11) is 0. The fourth-order valence-electron chi connectivity index (χ4n) is 0.981. The van der Waals surface area contributed by atoms with Crippen molar-refractivity contribution >= 4 is 34.8 Å². The minimum atomic E-state index is -1.36. The van der Waals surface area contributed by atoms with Gasteiger partial charge in [0.25, 0.3) is 0 Å². The summed E-state index contributed by atoms with van der Waals surface area (Å²) in [4.78, 5) is 0. The van der Waals surface area contributed by atoms with E-state index in [0.29, 0.717) is 12.0 Å². The fourth-order valence-corrected chi connectivity index (χ4v) is 1.26. The van der Waals surface area contributed by atoms with Crippen molar-refractivity contribution < 1.29 is 8.78 Å². The molecule has 0 aliphatic heterocycles. The van der Waals surface area contributed by atoms with Gasteiger partial charge in [0, 0.05) is 0 Å². The van der Waals surface area contributed by atoms with Crippen LogP contribution < -0.4 is 0 Å². The Labute approximate surface area is 95.8 Å². The quantitative estimate of drug-likeness (QED) is 0.696. The van der Waals surface area contributed by atoms with Gasteiger partial charge in [0.2, 0.25) is 0 Å². The van der Waals surface area contributed by atoms with Crippen molar-refractivity contribution in [1.29, 1.82) is 0 Å². The van der Waals surface area contributed by atoms with Crippen molar-refractivity contribution in [2.75, 3.05) is 0 Å². The normalized spacial score (nSPS) is 11.8. The van der Waals surface area contributed by atoms with Gasteiger partial charge < -0.3 is 0 Å². The molecule has 0 saturated heterocycles. The molecule has 78 valence electrons. The van der Waals surface area contributed by atoms with Crippen LogP contribution in [0.2, 0.25) is 0 Å². The standard InChI is InChI=1S/C9H7Cl3F2/c10-9(11,12)4-3-6-1-2-7(13)8(14)5-6/h1-2,5H,3-4H2. The van der Waals surface area contributed by atoms with E-state index in [9.17, 15) is 8.78 Å². The van der Waals surface area contributed by atoms with Gasteiger partial charge in [0.15, 0.2) is 15.4 Å². The second-order valence-electron chi connectivity index (χ2n) is 2.86. The number of rotatable bonds is 2. The van der Waals surface area contributed by atoms with E-state index in [0.717, 1.165) is 12.1 Å². The highest BCUT2D eigenvalue weighted by atomic mass is 35.6. The molecule has 0 spiro atoms. The Morgan fingerprint density at radius 2 is 1.71 bits per heavy atom. The third kappa shape index (κ3) is 3.99. The molecule has 14 heavy (non-hydrogen) atoms. The minimum Gasteiger partial charge on any atom is -0.204 e. The van der Waals surface area contributed by atoms with Gasteiger partial charge in [-0.05, 0) is 30.5 Å². The summed E-state index contributed by atoms with van der Waals surface area (Å²) in [6, 6.07) is 3.63.